The van der Waals surface area contributed by atoms with Crippen LogP contribution in [0.5, 0.6) is 11.5 Å². The minimum atomic E-state index is -3.47. The second-order valence-electron chi connectivity index (χ2n) is 7.09. The van der Waals surface area contributed by atoms with Crippen molar-refractivity contribution in [2.45, 2.75) is 24.0 Å². The number of sulfone groups is 1. The lowest BCUT2D eigenvalue weighted by atomic mass is 10.2. The van der Waals surface area contributed by atoms with Crippen LogP contribution in [0.25, 0.3) is 0 Å². The highest BCUT2D eigenvalue weighted by Gasteiger charge is 2.23. The Balaban J connectivity index is 1.61. The lowest BCUT2D eigenvalue weighted by Crippen LogP contribution is -2.16. The minimum Gasteiger partial charge on any atom is -0.486 e. The van der Waals surface area contributed by atoms with Crippen LogP contribution in [0.4, 0.5) is 23.1 Å². The van der Waals surface area contributed by atoms with Gasteiger partial charge in [0.25, 0.3) is 0 Å². The highest BCUT2D eigenvalue weighted by Crippen LogP contribution is 2.34. The van der Waals surface area contributed by atoms with Gasteiger partial charge in [-0.2, -0.15) is 4.98 Å². The molecule has 2 N–H and O–H groups in total. The molecule has 0 spiro atoms. The minimum absolute atomic E-state index is 0.219. The van der Waals surface area contributed by atoms with Crippen LogP contribution in [-0.2, 0) is 9.84 Å². The zero-order valence-corrected chi connectivity index (χ0v) is 19.3. The molecule has 0 unspecified atom stereocenters. The van der Waals surface area contributed by atoms with Crippen molar-refractivity contribution < 1.29 is 17.9 Å². The molecule has 31 heavy (non-hydrogen) atoms. The van der Waals surface area contributed by atoms with Crippen LogP contribution < -0.4 is 20.1 Å². The van der Waals surface area contributed by atoms with E-state index in [9.17, 15) is 8.42 Å². The van der Waals surface area contributed by atoms with E-state index in [0.717, 1.165) is 5.69 Å². The fraction of sp³-hybridized carbons (Fsp3) is 0.238. The Hall–Kier alpha value is -2.85. The molecule has 8 nitrogen and oxygen atoms in total. The quantitative estimate of drug-likeness (QED) is 0.498. The highest BCUT2D eigenvalue weighted by atomic mass is 79.9. The molecule has 2 heterocycles. The first-order valence-corrected chi connectivity index (χ1v) is 12.0. The van der Waals surface area contributed by atoms with Crippen LogP contribution in [0.1, 0.15) is 13.8 Å². The van der Waals surface area contributed by atoms with Gasteiger partial charge in [0, 0.05) is 18.0 Å². The van der Waals surface area contributed by atoms with Crippen molar-refractivity contribution in [3.05, 3.63) is 53.1 Å². The molecular formula is C21H21BrN4O4S. The van der Waals surface area contributed by atoms with E-state index < -0.39 is 15.1 Å². The molecule has 1 aromatic heterocycles. The van der Waals surface area contributed by atoms with Crippen LogP contribution in [0, 0.1) is 0 Å². The first-order valence-electron chi connectivity index (χ1n) is 9.64. The number of para-hydroxylation sites is 1. The molecule has 1 aliphatic rings. The molecule has 0 fully saturated rings. The SMILES string of the molecule is CC(C)S(=O)(=O)c1ccccc1Nc1nc(Nc2ccc3c(c2)OCCO3)ncc1Br. The molecule has 4 rings (SSSR count). The van der Waals surface area contributed by atoms with Crippen molar-refractivity contribution in [3.8, 4) is 11.5 Å². The van der Waals surface area contributed by atoms with Gasteiger partial charge in [-0.05, 0) is 54.0 Å². The summed E-state index contributed by atoms with van der Waals surface area (Å²) < 4.78 is 37.2. The Labute approximate surface area is 189 Å². The lowest BCUT2D eigenvalue weighted by Gasteiger charge is -2.19. The van der Waals surface area contributed by atoms with E-state index in [4.69, 9.17) is 9.47 Å². The Kier molecular flexibility index (Phi) is 6.01. The van der Waals surface area contributed by atoms with Crippen molar-refractivity contribution in [2.24, 2.45) is 0 Å². The molecule has 2 aromatic carbocycles. The molecular weight excluding hydrogens is 484 g/mol. The van der Waals surface area contributed by atoms with E-state index in [-0.39, 0.29) is 4.90 Å². The average molecular weight is 505 g/mol. The average Bonchev–Trinajstić information content (AvgIpc) is 2.76. The number of hydrogen-bond acceptors (Lipinski definition) is 8. The molecule has 0 amide bonds. The van der Waals surface area contributed by atoms with Gasteiger partial charge in [0.05, 0.1) is 20.3 Å². The van der Waals surface area contributed by atoms with Gasteiger partial charge < -0.3 is 20.1 Å². The summed E-state index contributed by atoms with van der Waals surface area (Å²) in [6.07, 6.45) is 1.59. The van der Waals surface area contributed by atoms with Crippen molar-refractivity contribution >= 4 is 48.9 Å². The number of hydrogen-bond donors (Lipinski definition) is 2. The van der Waals surface area contributed by atoms with E-state index in [1.54, 1.807) is 44.3 Å². The first kappa shape index (κ1) is 21.4. The summed E-state index contributed by atoms with van der Waals surface area (Å²) in [4.78, 5) is 9.00. The summed E-state index contributed by atoms with van der Waals surface area (Å²) in [5.41, 5.74) is 1.18. The summed E-state index contributed by atoms with van der Waals surface area (Å²) in [5, 5.41) is 5.71. The van der Waals surface area contributed by atoms with E-state index in [1.165, 1.54) is 0 Å². The number of rotatable bonds is 6. The van der Waals surface area contributed by atoms with Crippen LogP contribution >= 0.6 is 15.9 Å². The molecule has 162 valence electrons. The molecule has 1 aliphatic heterocycles. The number of benzene rings is 2. The van der Waals surface area contributed by atoms with E-state index in [2.05, 4.69) is 36.5 Å². The third-order valence-corrected chi connectivity index (χ3v) is 7.40. The Morgan fingerprint density at radius 3 is 2.55 bits per heavy atom. The third-order valence-electron chi connectivity index (χ3n) is 4.61. The number of aromatic nitrogens is 2. The molecule has 0 atom stereocenters. The van der Waals surface area contributed by atoms with Crippen LogP contribution in [0.3, 0.4) is 0 Å². The lowest BCUT2D eigenvalue weighted by molar-refractivity contribution is 0.171. The molecule has 3 aromatic rings. The maximum Gasteiger partial charge on any atom is 0.229 e. The summed E-state index contributed by atoms with van der Waals surface area (Å²) in [7, 11) is -3.47. The second kappa shape index (κ2) is 8.72. The Bertz CT molecular complexity index is 1220. The predicted octanol–water partition coefficient (Wildman–Crippen LogP) is 4.68. The number of fused-ring (bicyclic) bond motifs is 1. The van der Waals surface area contributed by atoms with Crippen molar-refractivity contribution in [1.82, 2.24) is 9.97 Å². The van der Waals surface area contributed by atoms with Gasteiger partial charge in [0.1, 0.15) is 19.0 Å². The number of nitrogens with zero attached hydrogens (tertiary/aromatic N) is 2. The van der Waals surface area contributed by atoms with Gasteiger partial charge in [-0.1, -0.05) is 12.1 Å². The standard InChI is InChI=1S/C21H21BrN4O4S/c1-13(2)31(27,28)19-6-4-3-5-16(19)25-20-15(22)12-23-21(26-20)24-14-7-8-17-18(11-14)30-10-9-29-17/h3-8,11-13H,9-10H2,1-2H3,(H2,23,24,25,26). The maximum absolute atomic E-state index is 12.7. The van der Waals surface area contributed by atoms with Gasteiger partial charge in [-0.15, -0.1) is 0 Å². The Morgan fingerprint density at radius 1 is 1.03 bits per heavy atom. The van der Waals surface area contributed by atoms with Crippen molar-refractivity contribution in [3.63, 3.8) is 0 Å². The largest absolute Gasteiger partial charge is 0.486 e. The van der Waals surface area contributed by atoms with Gasteiger partial charge in [0.15, 0.2) is 21.3 Å². The number of halogens is 1. The monoisotopic (exact) mass is 504 g/mol. The van der Waals surface area contributed by atoms with E-state index in [0.29, 0.717) is 46.6 Å². The van der Waals surface area contributed by atoms with Crippen molar-refractivity contribution in [2.75, 3.05) is 23.8 Å². The molecule has 0 radical (unpaired) electrons. The van der Waals surface area contributed by atoms with Gasteiger partial charge in [-0.25, -0.2) is 13.4 Å². The fourth-order valence-corrected chi connectivity index (χ4v) is 4.46. The van der Waals surface area contributed by atoms with Gasteiger partial charge in [-0.3, -0.25) is 0 Å². The zero-order valence-electron chi connectivity index (χ0n) is 16.9. The normalized spacial score (nSPS) is 13.2. The molecule has 0 saturated carbocycles. The number of anilines is 4. The van der Waals surface area contributed by atoms with Gasteiger partial charge >= 0.3 is 0 Å². The number of ether oxygens (including phenoxy) is 2. The first-order chi connectivity index (χ1) is 14.8. The maximum atomic E-state index is 12.7. The van der Waals surface area contributed by atoms with Gasteiger partial charge in [0.2, 0.25) is 5.95 Å². The predicted molar refractivity (Wildman–Crippen MR) is 122 cm³/mol. The molecule has 0 bridgehead atoms. The second-order valence-corrected chi connectivity index (χ2v) is 10.4. The molecule has 0 aliphatic carbocycles. The summed E-state index contributed by atoms with van der Waals surface area (Å²) in [6, 6.07) is 12.2. The summed E-state index contributed by atoms with van der Waals surface area (Å²) >= 11 is 3.43. The third kappa shape index (κ3) is 4.59. The summed E-state index contributed by atoms with van der Waals surface area (Å²) in [6.45, 7) is 4.33. The Morgan fingerprint density at radius 2 is 1.77 bits per heavy atom. The molecule has 10 heteroatoms. The fourth-order valence-electron chi connectivity index (χ4n) is 2.96. The summed E-state index contributed by atoms with van der Waals surface area (Å²) in [5.74, 6) is 2.12. The molecule has 0 saturated heterocycles. The highest BCUT2D eigenvalue weighted by molar-refractivity contribution is 9.10. The van der Waals surface area contributed by atoms with Crippen LogP contribution in [-0.4, -0.2) is 36.8 Å². The van der Waals surface area contributed by atoms with E-state index >= 15 is 0 Å². The topological polar surface area (TPSA) is 102 Å². The van der Waals surface area contributed by atoms with E-state index in [1.807, 2.05) is 18.2 Å². The zero-order chi connectivity index (χ0) is 22.0. The van der Waals surface area contributed by atoms with Crippen LogP contribution in [0.2, 0.25) is 0 Å². The van der Waals surface area contributed by atoms with Crippen LogP contribution in [0.15, 0.2) is 58.0 Å². The van der Waals surface area contributed by atoms with Crippen molar-refractivity contribution in [1.29, 1.82) is 0 Å². The number of nitrogens with one attached hydrogen (secondary N) is 2. The smallest absolute Gasteiger partial charge is 0.229 e.